The van der Waals surface area contributed by atoms with Gasteiger partial charge in [0.2, 0.25) is 0 Å². The van der Waals surface area contributed by atoms with Crippen LogP contribution in [0, 0.1) is 13.8 Å². The van der Waals surface area contributed by atoms with Gasteiger partial charge in [-0.1, -0.05) is 6.07 Å². The van der Waals surface area contributed by atoms with E-state index in [-0.39, 0.29) is 0 Å². The van der Waals surface area contributed by atoms with E-state index in [1.165, 1.54) is 5.56 Å². The second-order valence-corrected chi connectivity index (χ2v) is 5.03. The SMILES string of the molecule is Cc1ccc(Oc2ccc(C=O)c(C)c2)c(Br)c1. The summed E-state index contributed by atoms with van der Waals surface area (Å²) in [6.45, 7) is 3.92. The minimum absolute atomic E-state index is 0.685. The molecule has 92 valence electrons. The first-order valence-corrected chi connectivity index (χ1v) is 6.39. The summed E-state index contributed by atoms with van der Waals surface area (Å²) < 4.78 is 6.70. The fraction of sp³-hybridized carbons (Fsp3) is 0.133. The summed E-state index contributed by atoms with van der Waals surface area (Å²) in [4.78, 5) is 10.7. The third-order valence-electron chi connectivity index (χ3n) is 2.68. The van der Waals surface area contributed by atoms with Crippen molar-refractivity contribution in [1.82, 2.24) is 0 Å². The number of halogens is 1. The predicted octanol–water partition coefficient (Wildman–Crippen LogP) is 4.67. The van der Waals surface area contributed by atoms with E-state index < -0.39 is 0 Å². The molecule has 0 atom stereocenters. The Morgan fingerprint density at radius 1 is 1.11 bits per heavy atom. The van der Waals surface area contributed by atoms with Gasteiger partial charge in [-0.05, 0) is 71.2 Å². The third kappa shape index (κ3) is 2.79. The quantitative estimate of drug-likeness (QED) is 0.770. The van der Waals surface area contributed by atoms with Gasteiger partial charge in [0, 0.05) is 5.56 Å². The molecule has 2 nitrogen and oxygen atoms in total. The van der Waals surface area contributed by atoms with Crippen LogP contribution >= 0.6 is 15.9 Å². The van der Waals surface area contributed by atoms with E-state index >= 15 is 0 Å². The molecular weight excluding hydrogens is 292 g/mol. The van der Waals surface area contributed by atoms with Gasteiger partial charge in [0.25, 0.3) is 0 Å². The van der Waals surface area contributed by atoms with Crippen LogP contribution in [0.15, 0.2) is 40.9 Å². The first-order valence-electron chi connectivity index (χ1n) is 5.60. The molecule has 0 heterocycles. The van der Waals surface area contributed by atoms with Gasteiger partial charge < -0.3 is 4.74 Å². The average molecular weight is 305 g/mol. The summed E-state index contributed by atoms with van der Waals surface area (Å²) in [5.74, 6) is 1.49. The van der Waals surface area contributed by atoms with Crippen molar-refractivity contribution in [3.8, 4) is 11.5 Å². The lowest BCUT2D eigenvalue weighted by Gasteiger charge is -2.09. The number of carbonyl (C=O) groups excluding carboxylic acids is 1. The van der Waals surface area contributed by atoms with Gasteiger partial charge in [-0.15, -0.1) is 0 Å². The van der Waals surface area contributed by atoms with Crippen molar-refractivity contribution in [2.75, 3.05) is 0 Å². The number of benzene rings is 2. The molecule has 0 N–H and O–H groups in total. The summed E-state index contributed by atoms with van der Waals surface area (Å²) >= 11 is 3.47. The van der Waals surface area contributed by atoms with Crippen molar-refractivity contribution < 1.29 is 9.53 Å². The number of hydrogen-bond acceptors (Lipinski definition) is 2. The van der Waals surface area contributed by atoms with Crippen LogP contribution < -0.4 is 4.74 Å². The zero-order valence-electron chi connectivity index (χ0n) is 10.2. The molecule has 0 aliphatic carbocycles. The lowest BCUT2D eigenvalue weighted by atomic mass is 10.1. The summed E-state index contributed by atoms with van der Waals surface area (Å²) in [5.41, 5.74) is 2.76. The van der Waals surface area contributed by atoms with Crippen LogP contribution in [0.1, 0.15) is 21.5 Å². The van der Waals surface area contributed by atoms with E-state index in [1.807, 2.05) is 38.1 Å². The lowest BCUT2D eigenvalue weighted by Crippen LogP contribution is -1.90. The second kappa shape index (κ2) is 5.36. The fourth-order valence-electron chi connectivity index (χ4n) is 1.66. The zero-order chi connectivity index (χ0) is 13.1. The monoisotopic (exact) mass is 304 g/mol. The Morgan fingerprint density at radius 2 is 1.89 bits per heavy atom. The van der Waals surface area contributed by atoms with Gasteiger partial charge in [-0.3, -0.25) is 4.79 Å². The molecule has 3 heteroatoms. The van der Waals surface area contributed by atoms with E-state index in [0.717, 1.165) is 27.8 Å². The minimum Gasteiger partial charge on any atom is -0.456 e. The first kappa shape index (κ1) is 12.8. The molecule has 2 aromatic rings. The van der Waals surface area contributed by atoms with E-state index in [2.05, 4.69) is 15.9 Å². The number of hydrogen-bond donors (Lipinski definition) is 0. The van der Waals surface area contributed by atoms with Crippen LogP contribution in [-0.4, -0.2) is 6.29 Å². The molecule has 0 saturated carbocycles. The fourth-order valence-corrected chi connectivity index (χ4v) is 2.23. The summed E-state index contributed by atoms with van der Waals surface area (Å²) in [7, 11) is 0. The number of rotatable bonds is 3. The van der Waals surface area contributed by atoms with Crippen molar-refractivity contribution in [2.45, 2.75) is 13.8 Å². The maximum atomic E-state index is 10.7. The first-order chi connectivity index (χ1) is 8.60. The number of carbonyl (C=O) groups is 1. The van der Waals surface area contributed by atoms with Gasteiger partial charge in [-0.25, -0.2) is 0 Å². The van der Waals surface area contributed by atoms with Crippen LogP contribution in [0.2, 0.25) is 0 Å². The Balaban J connectivity index is 2.28. The standard InChI is InChI=1S/C15H13BrO2/c1-10-3-6-15(14(16)7-10)18-13-5-4-12(9-17)11(2)8-13/h3-9H,1-2H3. The topological polar surface area (TPSA) is 26.3 Å². The average Bonchev–Trinajstić information content (AvgIpc) is 2.33. The van der Waals surface area contributed by atoms with Crippen LogP contribution in [0.4, 0.5) is 0 Å². The third-order valence-corrected chi connectivity index (χ3v) is 3.30. The van der Waals surface area contributed by atoms with Crippen LogP contribution in [0.5, 0.6) is 11.5 Å². The van der Waals surface area contributed by atoms with Crippen molar-refractivity contribution in [3.05, 3.63) is 57.6 Å². The van der Waals surface area contributed by atoms with Crippen LogP contribution in [-0.2, 0) is 0 Å². The predicted molar refractivity (Wildman–Crippen MR) is 75.5 cm³/mol. The van der Waals surface area contributed by atoms with E-state index in [9.17, 15) is 4.79 Å². The van der Waals surface area contributed by atoms with Crippen molar-refractivity contribution in [2.24, 2.45) is 0 Å². The van der Waals surface area contributed by atoms with E-state index in [1.54, 1.807) is 12.1 Å². The van der Waals surface area contributed by atoms with Crippen molar-refractivity contribution >= 4 is 22.2 Å². The molecule has 0 aliphatic rings. The van der Waals surface area contributed by atoms with Crippen LogP contribution in [0.25, 0.3) is 0 Å². The molecule has 0 saturated heterocycles. The smallest absolute Gasteiger partial charge is 0.150 e. The molecule has 0 bridgehead atoms. The molecule has 2 aromatic carbocycles. The number of aryl methyl sites for hydroxylation is 2. The van der Waals surface area contributed by atoms with E-state index in [4.69, 9.17) is 4.74 Å². The van der Waals surface area contributed by atoms with Crippen molar-refractivity contribution in [1.29, 1.82) is 0 Å². The largest absolute Gasteiger partial charge is 0.456 e. The van der Waals surface area contributed by atoms with Gasteiger partial charge in [-0.2, -0.15) is 0 Å². The Labute approximate surface area is 115 Å². The highest BCUT2D eigenvalue weighted by atomic mass is 79.9. The molecule has 0 aromatic heterocycles. The number of aldehydes is 1. The molecule has 2 rings (SSSR count). The highest BCUT2D eigenvalue weighted by molar-refractivity contribution is 9.10. The Kier molecular flexibility index (Phi) is 3.82. The van der Waals surface area contributed by atoms with Gasteiger partial charge in [0.05, 0.1) is 4.47 Å². The lowest BCUT2D eigenvalue weighted by molar-refractivity contribution is 0.112. The maximum Gasteiger partial charge on any atom is 0.150 e. The summed E-state index contributed by atoms with van der Waals surface area (Å²) in [5, 5.41) is 0. The summed E-state index contributed by atoms with van der Waals surface area (Å²) in [6.07, 6.45) is 0.848. The molecule has 0 radical (unpaired) electrons. The number of ether oxygens (including phenoxy) is 1. The molecule has 18 heavy (non-hydrogen) atoms. The molecule has 0 amide bonds. The van der Waals surface area contributed by atoms with Crippen LogP contribution in [0.3, 0.4) is 0 Å². The second-order valence-electron chi connectivity index (χ2n) is 4.17. The van der Waals surface area contributed by atoms with Gasteiger partial charge >= 0.3 is 0 Å². The van der Waals surface area contributed by atoms with E-state index in [0.29, 0.717) is 5.56 Å². The Bertz CT molecular complexity index is 591. The molecule has 0 spiro atoms. The van der Waals surface area contributed by atoms with Crippen molar-refractivity contribution in [3.63, 3.8) is 0 Å². The zero-order valence-corrected chi connectivity index (χ0v) is 11.8. The van der Waals surface area contributed by atoms with Gasteiger partial charge in [0.15, 0.2) is 0 Å². The summed E-state index contributed by atoms with van der Waals surface area (Å²) in [6, 6.07) is 11.3. The maximum absolute atomic E-state index is 10.7. The highest BCUT2D eigenvalue weighted by Crippen LogP contribution is 2.31. The Morgan fingerprint density at radius 3 is 2.50 bits per heavy atom. The molecular formula is C15H13BrO2. The molecule has 0 fully saturated rings. The molecule has 0 unspecified atom stereocenters. The Hall–Kier alpha value is -1.61. The van der Waals surface area contributed by atoms with Gasteiger partial charge in [0.1, 0.15) is 17.8 Å². The highest BCUT2D eigenvalue weighted by Gasteiger charge is 2.04. The molecule has 0 aliphatic heterocycles. The normalized spacial score (nSPS) is 10.2. The minimum atomic E-state index is 0.685.